The molecule has 130 valence electrons. The molecule has 1 aromatic heterocycles. The first kappa shape index (κ1) is 15.6. The summed E-state index contributed by atoms with van der Waals surface area (Å²) in [6, 6.07) is 0.590. The molecule has 1 aromatic rings. The van der Waals surface area contributed by atoms with Gasteiger partial charge in [0.15, 0.2) is 15.5 Å². The fourth-order valence-electron chi connectivity index (χ4n) is 3.66. The Morgan fingerprint density at radius 1 is 1.17 bits per heavy atom. The topological polar surface area (TPSA) is 101 Å². The van der Waals surface area contributed by atoms with Crippen LogP contribution in [0.1, 0.15) is 29.1 Å². The van der Waals surface area contributed by atoms with Crippen LogP contribution in [0.15, 0.2) is 10.6 Å². The fourth-order valence-corrected chi connectivity index (χ4v) is 5.64. The number of sulfone groups is 1. The molecule has 8 nitrogen and oxygen atoms in total. The van der Waals surface area contributed by atoms with Gasteiger partial charge in [0, 0.05) is 25.1 Å². The third-order valence-electron chi connectivity index (χ3n) is 4.99. The van der Waals surface area contributed by atoms with Gasteiger partial charge in [-0.2, -0.15) is 0 Å². The normalized spacial score (nSPS) is 28.7. The van der Waals surface area contributed by atoms with Crippen molar-refractivity contribution in [2.45, 2.75) is 31.8 Å². The van der Waals surface area contributed by atoms with Crippen molar-refractivity contribution in [1.29, 1.82) is 0 Å². The van der Waals surface area contributed by atoms with Crippen LogP contribution in [0.5, 0.6) is 0 Å². The molecule has 3 fully saturated rings. The second-order valence-electron chi connectivity index (χ2n) is 6.84. The van der Waals surface area contributed by atoms with Gasteiger partial charge in [0.25, 0.3) is 5.91 Å². The summed E-state index contributed by atoms with van der Waals surface area (Å²) in [5, 5.41) is 3.74. The van der Waals surface area contributed by atoms with Crippen molar-refractivity contribution >= 4 is 21.7 Å². The molecule has 1 aliphatic carbocycles. The van der Waals surface area contributed by atoms with Gasteiger partial charge in [0.05, 0.1) is 23.6 Å². The van der Waals surface area contributed by atoms with Crippen LogP contribution in [0.25, 0.3) is 0 Å². The van der Waals surface area contributed by atoms with Crippen LogP contribution in [0.3, 0.4) is 0 Å². The van der Waals surface area contributed by atoms with Crippen molar-refractivity contribution in [2.24, 2.45) is 5.92 Å². The first-order valence-corrected chi connectivity index (χ1v) is 9.93. The molecule has 0 radical (unpaired) electrons. The summed E-state index contributed by atoms with van der Waals surface area (Å²) in [7, 11) is -3.28. The minimum atomic E-state index is -3.28. The highest BCUT2D eigenvalue weighted by Gasteiger charge is 2.51. The van der Waals surface area contributed by atoms with Crippen LogP contribution in [-0.2, 0) is 14.6 Å². The summed E-state index contributed by atoms with van der Waals surface area (Å²) in [6.07, 6.45) is 1.75. The van der Waals surface area contributed by atoms with E-state index in [-0.39, 0.29) is 34.9 Å². The van der Waals surface area contributed by atoms with Gasteiger partial charge >= 0.3 is 0 Å². The molecule has 1 saturated carbocycles. The van der Waals surface area contributed by atoms with Gasteiger partial charge in [-0.1, -0.05) is 5.16 Å². The molecule has 24 heavy (non-hydrogen) atoms. The van der Waals surface area contributed by atoms with E-state index in [9.17, 15) is 18.0 Å². The Kier molecular flexibility index (Phi) is 3.45. The summed E-state index contributed by atoms with van der Waals surface area (Å²) < 4.78 is 29.2. The third kappa shape index (κ3) is 2.60. The van der Waals surface area contributed by atoms with Gasteiger partial charge < -0.3 is 14.3 Å². The number of hydrogen-bond acceptors (Lipinski definition) is 6. The molecule has 0 unspecified atom stereocenters. The molecule has 2 aliphatic heterocycles. The van der Waals surface area contributed by atoms with Gasteiger partial charge in [-0.15, -0.1) is 0 Å². The molecular weight excluding hydrogens is 334 g/mol. The lowest BCUT2D eigenvalue weighted by Gasteiger charge is -2.43. The molecule has 0 bridgehead atoms. The number of aromatic nitrogens is 1. The Labute approximate surface area is 139 Å². The monoisotopic (exact) mass is 353 g/mol. The van der Waals surface area contributed by atoms with Crippen LogP contribution in [0.2, 0.25) is 0 Å². The largest absolute Gasteiger partial charge is 0.361 e. The molecule has 2 atom stereocenters. The Balaban J connectivity index is 1.62. The second kappa shape index (κ2) is 5.30. The molecule has 2 amide bonds. The zero-order valence-corrected chi connectivity index (χ0v) is 14.2. The van der Waals surface area contributed by atoms with Crippen molar-refractivity contribution in [1.82, 2.24) is 15.0 Å². The summed E-state index contributed by atoms with van der Waals surface area (Å²) in [4.78, 5) is 28.4. The third-order valence-corrected chi connectivity index (χ3v) is 6.69. The number of nitrogens with zero attached hydrogens (tertiary/aromatic N) is 3. The zero-order chi connectivity index (χ0) is 17.1. The average molecular weight is 353 g/mol. The van der Waals surface area contributed by atoms with Gasteiger partial charge in [0.1, 0.15) is 5.76 Å². The highest BCUT2D eigenvalue weighted by atomic mass is 32.2. The van der Waals surface area contributed by atoms with Crippen molar-refractivity contribution < 1.29 is 22.5 Å². The summed E-state index contributed by atoms with van der Waals surface area (Å²) >= 11 is 0. The first-order valence-electron chi connectivity index (χ1n) is 8.11. The smallest absolute Gasteiger partial charge is 0.276 e. The van der Waals surface area contributed by atoms with E-state index in [4.69, 9.17) is 4.52 Å². The minimum Gasteiger partial charge on any atom is -0.361 e. The molecule has 9 heteroatoms. The molecule has 0 N–H and O–H groups in total. The molecule has 2 saturated heterocycles. The van der Waals surface area contributed by atoms with Gasteiger partial charge in [-0.25, -0.2) is 8.42 Å². The Morgan fingerprint density at radius 2 is 1.79 bits per heavy atom. The van der Waals surface area contributed by atoms with Crippen LogP contribution >= 0.6 is 0 Å². The van der Waals surface area contributed by atoms with Crippen molar-refractivity contribution in [2.75, 3.05) is 24.6 Å². The molecule has 3 heterocycles. The lowest BCUT2D eigenvalue weighted by Crippen LogP contribution is -2.62. The van der Waals surface area contributed by atoms with E-state index in [1.54, 1.807) is 22.8 Å². The maximum absolute atomic E-state index is 12.7. The quantitative estimate of drug-likeness (QED) is 0.732. The average Bonchev–Trinajstić information content (AvgIpc) is 3.20. The fraction of sp³-hybridized carbons (Fsp3) is 0.667. The van der Waals surface area contributed by atoms with Crippen molar-refractivity contribution in [3.63, 3.8) is 0 Å². The lowest BCUT2D eigenvalue weighted by atomic mass is 10.0. The number of amides is 2. The molecule has 3 aliphatic rings. The first-order chi connectivity index (χ1) is 11.4. The molecule has 0 spiro atoms. The number of hydrogen-bond donors (Lipinski definition) is 0. The summed E-state index contributed by atoms with van der Waals surface area (Å²) in [5.41, 5.74) is 0.178. The number of piperazine rings is 1. The van der Waals surface area contributed by atoms with E-state index in [0.29, 0.717) is 18.8 Å². The van der Waals surface area contributed by atoms with Gasteiger partial charge in [-0.3, -0.25) is 9.59 Å². The SMILES string of the molecule is Cc1cc(C(=O)N2CCN(C(=O)C3CC3)[C@@H]3CS(=O)(=O)C[C@@H]32)no1. The number of carbonyl (C=O) groups is 2. The van der Waals surface area contributed by atoms with E-state index >= 15 is 0 Å². The predicted octanol–water partition coefficient (Wildman–Crippen LogP) is -0.157. The van der Waals surface area contributed by atoms with Crippen LogP contribution in [0.4, 0.5) is 0 Å². The van der Waals surface area contributed by atoms with Crippen LogP contribution < -0.4 is 0 Å². The summed E-state index contributed by atoms with van der Waals surface area (Å²) in [6.45, 7) is 2.38. The van der Waals surface area contributed by atoms with E-state index in [1.165, 1.54) is 0 Å². The number of rotatable bonds is 2. The number of fused-ring (bicyclic) bond motifs is 1. The highest BCUT2D eigenvalue weighted by molar-refractivity contribution is 7.91. The van der Waals surface area contributed by atoms with Crippen LogP contribution in [-0.4, -0.2) is 71.9 Å². The zero-order valence-electron chi connectivity index (χ0n) is 13.3. The molecule has 4 rings (SSSR count). The second-order valence-corrected chi connectivity index (χ2v) is 8.99. The predicted molar refractivity (Wildman–Crippen MR) is 82.9 cm³/mol. The van der Waals surface area contributed by atoms with Crippen molar-refractivity contribution in [3.8, 4) is 0 Å². The highest BCUT2D eigenvalue weighted by Crippen LogP contribution is 2.35. The standard InChI is InChI=1S/C15H19N3O5S/c1-9-6-11(16-23-9)15(20)18-5-4-17(14(19)10-2-3-10)12-7-24(21,22)8-13(12)18/h6,10,12-13H,2-5,7-8H2,1H3/t12-,13+/m1/s1. The minimum absolute atomic E-state index is 0.0338. The van der Waals surface area contributed by atoms with Crippen LogP contribution in [0, 0.1) is 12.8 Å². The van der Waals surface area contributed by atoms with Crippen molar-refractivity contribution in [3.05, 3.63) is 17.5 Å². The molecule has 0 aromatic carbocycles. The van der Waals surface area contributed by atoms with E-state index in [1.807, 2.05) is 0 Å². The van der Waals surface area contributed by atoms with Gasteiger partial charge in [0.2, 0.25) is 5.91 Å². The summed E-state index contributed by atoms with van der Waals surface area (Å²) in [5.74, 6) is 0.0849. The van der Waals surface area contributed by atoms with E-state index in [2.05, 4.69) is 5.16 Å². The number of aryl methyl sites for hydroxylation is 1. The Morgan fingerprint density at radius 3 is 2.38 bits per heavy atom. The maximum atomic E-state index is 12.7. The Bertz CT molecular complexity index is 798. The molecular formula is C15H19N3O5S. The number of carbonyl (C=O) groups excluding carboxylic acids is 2. The van der Waals surface area contributed by atoms with E-state index < -0.39 is 21.9 Å². The van der Waals surface area contributed by atoms with E-state index in [0.717, 1.165) is 12.8 Å². The lowest BCUT2D eigenvalue weighted by molar-refractivity contribution is -0.137. The van der Waals surface area contributed by atoms with Gasteiger partial charge in [-0.05, 0) is 19.8 Å². The Hall–Kier alpha value is -1.90. The maximum Gasteiger partial charge on any atom is 0.276 e.